The van der Waals surface area contributed by atoms with E-state index in [1.165, 1.54) is 0 Å². The van der Waals surface area contributed by atoms with Crippen LogP contribution in [0, 0.1) is 5.82 Å². The molecule has 0 fully saturated rings. The highest BCUT2D eigenvalue weighted by molar-refractivity contribution is 5.28. The Morgan fingerprint density at radius 1 is 1.27 bits per heavy atom. The molecular weight excluding hydrogens is 189 g/mol. The molecule has 0 aliphatic rings. The summed E-state index contributed by atoms with van der Waals surface area (Å²) in [5.41, 5.74) is 7.39. The van der Waals surface area contributed by atoms with Crippen molar-refractivity contribution in [1.82, 2.24) is 0 Å². The summed E-state index contributed by atoms with van der Waals surface area (Å²) >= 11 is 0. The van der Waals surface area contributed by atoms with E-state index in [1.807, 2.05) is 19.1 Å². The lowest BCUT2D eigenvalue weighted by molar-refractivity contribution is 0.555. The second-order valence-electron chi connectivity index (χ2n) is 4.08. The molecule has 1 atom stereocenters. The van der Waals surface area contributed by atoms with Gasteiger partial charge in [-0.05, 0) is 42.9 Å². The van der Waals surface area contributed by atoms with Gasteiger partial charge in [0.15, 0.2) is 0 Å². The van der Waals surface area contributed by atoms with E-state index < -0.39 is 0 Å². The summed E-state index contributed by atoms with van der Waals surface area (Å²) in [6, 6.07) is 5.28. The van der Waals surface area contributed by atoms with Crippen molar-refractivity contribution in [2.24, 2.45) is 5.73 Å². The predicted molar refractivity (Wildman–Crippen MR) is 62.3 cm³/mol. The van der Waals surface area contributed by atoms with Crippen LogP contribution < -0.4 is 5.73 Å². The maximum Gasteiger partial charge on any atom is 0.127 e. The molecule has 0 aromatic heterocycles. The molecule has 1 aromatic carbocycles. The lowest BCUT2D eigenvalue weighted by atomic mass is 9.92. The summed E-state index contributed by atoms with van der Waals surface area (Å²) in [7, 11) is 0. The molecule has 1 rings (SSSR count). The van der Waals surface area contributed by atoms with Gasteiger partial charge in [0, 0.05) is 6.04 Å². The smallest absolute Gasteiger partial charge is 0.127 e. The van der Waals surface area contributed by atoms with Gasteiger partial charge in [-0.3, -0.25) is 0 Å². The molecule has 0 amide bonds. The Balaban J connectivity index is 3.02. The van der Waals surface area contributed by atoms with Crippen LogP contribution in [-0.4, -0.2) is 0 Å². The molecule has 0 saturated heterocycles. The van der Waals surface area contributed by atoms with Crippen molar-refractivity contribution >= 4 is 0 Å². The van der Waals surface area contributed by atoms with Crippen LogP contribution in [0.5, 0.6) is 0 Å². The first-order chi connectivity index (χ1) is 7.10. The maximum absolute atomic E-state index is 13.8. The summed E-state index contributed by atoms with van der Waals surface area (Å²) in [6.07, 6.45) is 1.95. The first-order valence-corrected chi connectivity index (χ1v) is 5.65. The molecular formula is C13H20FN. The van der Waals surface area contributed by atoms with Crippen molar-refractivity contribution < 1.29 is 4.39 Å². The number of hydrogen-bond acceptors (Lipinski definition) is 1. The van der Waals surface area contributed by atoms with E-state index in [-0.39, 0.29) is 11.9 Å². The van der Waals surface area contributed by atoms with E-state index in [0.29, 0.717) is 5.92 Å². The Kier molecular flexibility index (Phi) is 4.28. The fourth-order valence-electron chi connectivity index (χ4n) is 1.89. The monoisotopic (exact) mass is 209 g/mol. The molecule has 1 aromatic rings. The Morgan fingerprint density at radius 3 is 2.27 bits per heavy atom. The van der Waals surface area contributed by atoms with Crippen molar-refractivity contribution in [2.75, 3.05) is 0 Å². The minimum absolute atomic E-state index is 0.102. The van der Waals surface area contributed by atoms with Crippen LogP contribution in [0.1, 0.15) is 56.7 Å². The van der Waals surface area contributed by atoms with Crippen molar-refractivity contribution in [3.63, 3.8) is 0 Å². The second-order valence-corrected chi connectivity index (χ2v) is 4.08. The number of hydrogen-bond donors (Lipinski definition) is 1. The maximum atomic E-state index is 13.8. The van der Waals surface area contributed by atoms with Gasteiger partial charge in [-0.25, -0.2) is 4.39 Å². The fraction of sp³-hybridized carbons (Fsp3) is 0.538. The van der Waals surface area contributed by atoms with Crippen LogP contribution in [0.3, 0.4) is 0 Å². The van der Waals surface area contributed by atoms with Crippen LogP contribution in [0.25, 0.3) is 0 Å². The first-order valence-electron chi connectivity index (χ1n) is 5.65. The largest absolute Gasteiger partial charge is 0.324 e. The summed E-state index contributed by atoms with van der Waals surface area (Å²) < 4.78 is 13.8. The van der Waals surface area contributed by atoms with Gasteiger partial charge < -0.3 is 5.73 Å². The fourth-order valence-corrected chi connectivity index (χ4v) is 1.89. The number of nitrogens with two attached hydrogens (primary N) is 1. The van der Waals surface area contributed by atoms with Gasteiger partial charge in [-0.15, -0.1) is 0 Å². The third-order valence-corrected chi connectivity index (χ3v) is 2.98. The lowest BCUT2D eigenvalue weighted by Crippen LogP contribution is -2.07. The van der Waals surface area contributed by atoms with E-state index in [0.717, 1.165) is 24.0 Å². The Morgan fingerprint density at radius 2 is 1.87 bits per heavy atom. The van der Waals surface area contributed by atoms with Gasteiger partial charge in [0.1, 0.15) is 5.82 Å². The summed E-state index contributed by atoms with van der Waals surface area (Å²) in [5.74, 6) is 0.214. The minimum Gasteiger partial charge on any atom is -0.324 e. The van der Waals surface area contributed by atoms with Crippen molar-refractivity contribution in [3.05, 3.63) is 35.1 Å². The lowest BCUT2D eigenvalue weighted by Gasteiger charge is -2.15. The average molecular weight is 209 g/mol. The van der Waals surface area contributed by atoms with Crippen molar-refractivity contribution in [1.29, 1.82) is 0 Å². The highest BCUT2D eigenvalue weighted by Crippen LogP contribution is 2.27. The van der Waals surface area contributed by atoms with Gasteiger partial charge in [0.2, 0.25) is 0 Å². The Labute approximate surface area is 91.5 Å². The molecule has 1 unspecified atom stereocenters. The first kappa shape index (κ1) is 12.2. The van der Waals surface area contributed by atoms with Crippen LogP contribution >= 0.6 is 0 Å². The molecule has 0 bridgehead atoms. The van der Waals surface area contributed by atoms with E-state index in [1.54, 1.807) is 6.07 Å². The quantitative estimate of drug-likeness (QED) is 0.803. The van der Waals surface area contributed by atoms with Gasteiger partial charge >= 0.3 is 0 Å². The predicted octanol–water partition coefficient (Wildman–Crippen LogP) is 3.75. The number of rotatable bonds is 4. The number of halogens is 1. The van der Waals surface area contributed by atoms with Gasteiger partial charge in [-0.1, -0.05) is 26.0 Å². The van der Waals surface area contributed by atoms with E-state index in [9.17, 15) is 4.39 Å². The summed E-state index contributed by atoms with van der Waals surface area (Å²) in [5, 5.41) is 0. The molecule has 84 valence electrons. The van der Waals surface area contributed by atoms with Crippen LogP contribution in [0.15, 0.2) is 18.2 Å². The zero-order valence-corrected chi connectivity index (χ0v) is 9.76. The van der Waals surface area contributed by atoms with Crippen molar-refractivity contribution in [3.8, 4) is 0 Å². The summed E-state index contributed by atoms with van der Waals surface area (Å²) in [4.78, 5) is 0. The molecule has 2 N–H and O–H groups in total. The third kappa shape index (κ3) is 2.78. The summed E-state index contributed by atoms with van der Waals surface area (Å²) in [6.45, 7) is 6.05. The Bertz CT molecular complexity index is 316. The normalized spacial score (nSPS) is 13.2. The molecule has 2 heteroatoms. The SMILES string of the molecule is CCC(CC)c1ccc(C(C)N)cc1F. The van der Waals surface area contributed by atoms with Gasteiger partial charge in [0.05, 0.1) is 0 Å². The molecule has 0 heterocycles. The molecule has 1 nitrogen and oxygen atoms in total. The van der Waals surface area contributed by atoms with E-state index in [4.69, 9.17) is 5.73 Å². The minimum atomic E-state index is -0.112. The topological polar surface area (TPSA) is 26.0 Å². The molecule has 0 spiro atoms. The number of benzene rings is 1. The zero-order chi connectivity index (χ0) is 11.4. The molecule has 0 aliphatic carbocycles. The molecule has 15 heavy (non-hydrogen) atoms. The Hall–Kier alpha value is -0.890. The highest BCUT2D eigenvalue weighted by Gasteiger charge is 2.13. The average Bonchev–Trinajstić information content (AvgIpc) is 2.21. The second kappa shape index (κ2) is 5.26. The highest BCUT2D eigenvalue weighted by atomic mass is 19.1. The third-order valence-electron chi connectivity index (χ3n) is 2.98. The molecule has 0 saturated carbocycles. The zero-order valence-electron chi connectivity index (χ0n) is 9.76. The standard InChI is InChI=1S/C13H20FN/c1-4-10(5-2)12-7-6-11(9(3)15)8-13(12)14/h6-10H,4-5,15H2,1-3H3. The van der Waals surface area contributed by atoms with Gasteiger partial charge in [0.25, 0.3) is 0 Å². The van der Waals surface area contributed by atoms with E-state index in [2.05, 4.69) is 13.8 Å². The van der Waals surface area contributed by atoms with E-state index >= 15 is 0 Å². The van der Waals surface area contributed by atoms with Crippen molar-refractivity contribution in [2.45, 2.75) is 45.6 Å². The molecule has 0 radical (unpaired) electrons. The van der Waals surface area contributed by atoms with Crippen LogP contribution in [-0.2, 0) is 0 Å². The van der Waals surface area contributed by atoms with Crippen LogP contribution in [0.4, 0.5) is 4.39 Å². The van der Waals surface area contributed by atoms with Crippen LogP contribution in [0.2, 0.25) is 0 Å². The molecule has 0 aliphatic heterocycles. The van der Waals surface area contributed by atoms with Gasteiger partial charge in [-0.2, -0.15) is 0 Å².